The Hall–Kier alpha value is -1.97. The van der Waals surface area contributed by atoms with Crippen molar-refractivity contribution in [2.75, 3.05) is 37.6 Å². The average Bonchev–Trinajstić information content (AvgIpc) is 3.40. The summed E-state index contributed by atoms with van der Waals surface area (Å²) in [5.74, 6) is 1.06. The van der Waals surface area contributed by atoms with Gasteiger partial charge in [-0.15, -0.1) is 10.2 Å². The second-order valence-corrected chi connectivity index (χ2v) is 10.1. The molecule has 2 aromatic rings. The molecule has 0 bridgehead atoms. The first-order chi connectivity index (χ1) is 13.9. The van der Waals surface area contributed by atoms with Gasteiger partial charge in [-0.2, -0.15) is 4.31 Å². The first-order valence-electron chi connectivity index (χ1n) is 10.3. The van der Waals surface area contributed by atoms with Gasteiger partial charge in [-0.25, -0.2) is 8.42 Å². The molecule has 29 heavy (non-hydrogen) atoms. The zero-order valence-electron chi connectivity index (χ0n) is 17.3. The molecule has 1 N–H and O–H groups in total. The maximum Gasteiger partial charge on any atom is 0.233 e. The van der Waals surface area contributed by atoms with Crippen molar-refractivity contribution in [3.05, 3.63) is 41.1 Å². The number of sulfonamides is 1. The van der Waals surface area contributed by atoms with E-state index in [1.807, 2.05) is 6.92 Å². The van der Waals surface area contributed by atoms with E-state index < -0.39 is 15.3 Å². The molecule has 1 aromatic heterocycles. The molecule has 2 saturated heterocycles. The zero-order chi connectivity index (χ0) is 20.6. The van der Waals surface area contributed by atoms with E-state index in [1.54, 1.807) is 4.31 Å². The van der Waals surface area contributed by atoms with E-state index in [9.17, 15) is 8.42 Å². The molecule has 0 spiro atoms. The van der Waals surface area contributed by atoms with Crippen molar-refractivity contribution in [1.29, 1.82) is 0 Å². The van der Waals surface area contributed by atoms with E-state index in [1.165, 1.54) is 16.8 Å². The first-order valence-corrected chi connectivity index (χ1v) is 11.8. The minimum absolute atomic E-state index is 0.196. The molecule has 2 atom stereocenters. The first kappa shape index (κ1) is 20.3. The summed E-state index contributed by atoms with van der Waals surface area (Å²) in [5, 5.41) is 10.8. The predicted molar refractivity (Wildman–Crippen MR) is 111 cm³/mol. The van der Waals surface area contributed by atoms with Gasteiger partial charge in [0.15, 0.2) is 0 Å². The molecule has 8 nitrogen and oxygen atoms in total. The summed E-state index contributed by atoms with van der Waals surface area (Å²) in [6.45, 7) is 9.02. The lowest BCUT2D eigenvalue weighted by atomic mass is 10.1. The lowest BCUT2D eigenvalue weighted by Gasteiger charge is -2.37. The summed E-state index contributed by atoms with van der Waals surface area (Å²) in [6.07, 6.45) is 1.14. The molecule has 2 aliphatic heterocycles. The third-order valence-corrected chi connectivity index (χ3v) is 8.40. The Morgan fingerprint density at radius 1 is 1.17 bits per heavy atom. The van der Waals surface area contributed by atoms with Gasteiger partial charge in [-0.3, -0.25) is 0 Å². The van der Waals surface area contributed by atoms with E-state index in [-0.39, 0.29) is 6.04 Å². The van der Waals surface area contributed by atoms with Crippen LogP contribution in [0.4, 0.5) is 5.69 Å². The van der Waals surface area contributed by atoms with Crippen molar-refractivity contribution in [1.82, 2.24) is 19.8 Å². The van der Waals surface area contributed by atoms with Crippen LogP contribution in [0, 0.1) is 13.8 Å². The van der Waals surface area contributed by atoms with Crippen LogP contribution in [0.5, 0.6) is 0 Å². The number of nitrogens with one attached hydrogen (secondary N) is 1. The van der Waals surface area contributed by atoms with E-state index in [2.05, 4.69) is 52.5 Å². The topological polar surface area (TPSA) is 91.6 Å². The minimum atomic E-state index is -3.37. The Balaban J connectivity index is 1.39. The number of aromatic nitrogens is 2. The van der Waals surface area contributed by atoms with Gasteiger partial charge in [0.05, 0.1) is 11.3 Å². The van der Waals surface area contributed by atoms with E-state index in [4.69, 9.17) is 4.42 Å². The summed E-state index contributed by atoms with van der Waals surface area (Å²) in [7, 11) is -3.37. The second kappa shape index (κ2) is 8.04. The van der Waals surface area contributed by atoms with Crippen LogP contribution in [0.1, 0.15) is 42.3 Å². The highest BCUT2D eigenvalue weighted by Crippen LogP contribution is 2.30. The monoisotopic (exact) mass is 419 g/mol. The molecule has 4 rings (SSSR count). The second-order valence-electron chi connectivity index (χ2n) is 7.86. The lowest BCUT2D eigenvalue weighted by Crippen LogP contribution is -2.51. The molecule has 1 aromatic carbocycles. The number of anilines is 1. The molecule has 2 aliphatic rings. The Bertz CT molecular complexity index is 966. The molecule has 0 radical (unpaired) electrons. The number of hydrogen-bond acceptors (Lipinski definition) is 7. The van der Waals surface area contributed by atoms with Crippen LogP contribution in [-0.4, -0.2) is 60.9 Å². The van der Waals surface area contributed by atoms with Crippen LogP contribution in [0.3, 0.4) is 0 Å². The van der Waals surface area contributed by atoms with Gasteiger partial charge in [0.25, 0.3) is 0 Å². The molecule has 2 fully saturated rings. The van der Waals surface area contributed by atoms with Gasteiger partial charge in [-0.1, -0.05) is 19.1 Å². The van der Waals surface area contributed by atoms with Crippen LogP contribution < -0.4 is 10.2 Å². The third-order valence-electron chi connectivity index (χ3n) is 6.11. The van der Waals surface area contributed by atoms with Crippen LogP contribution in [0.15, 0.2) is 22.6 Å². The molecule has 0 aliphatic carbocycles. The van der Waals surface area contributed by atoms with Crippen LogP contribution in [-0.2, 0) is 16.4 Å². The largest absolute Gasteiger partial charge is 0.424 e. The molecule has 3 heterocycles. The average molecular weight is 420 g/mol. The highest BCUT2D eigenvalue weighted by Gasteiger charge is 2.41. The molecular weight excluding hydrogens is 390 g/mol. The summed E-state index contributed by atoms with van der Waals surface area (Å²) in [6, 6.07) is 6.09. The van der Waals surface area contributed by atoms with Crippen LogP contribution >= 0.6 is 0 Å². The number of rotatable bonds is 5. The smallest absolute Gasteiger partial charge is 0.233 e. The van der Waals surface area contributed by atoms with Gasteiger partial charge in [0.2, 0.25) is 21.8 Å². The number of nitrogens with zero attached hydrogens (tertiary/aromatic N) is 4. The van der Waals surface area contributed by atoms with Gasteiger partial charge in [-0.05, 0) is 37.5 Å². The fraction of sp³-hybridized carbons (Fsp3) is 0.600. The maximum absolute atomic E-state index is 13.2. The SMILES string of the molecule is CCc1nnc(C2CC(S(=O)(=O)N3CCN(c4cccc(C)c4C)CC3)CN2)o1. The van der Waals surface area contributed by atoms with Gasteiger partial charge < -0.3 is 14.6 Å². The Kier molecular flexibility index (Phi) is 5.63. The Labute approximate surface area is 172 Å². The lowest BCUT2D eigenvalue weighted by molar-refractivity contribution is 0.378. The number of aryl methyl sites for hydroxylation is 2. The predicted octanol–water partition coefficient (Wildman–Crippen LogP) is 1.80. The van der Waals surface area contributed by atoms with Crippen LogP contribution in [0.25, 0.3) is 0 Å². The highest BCUT2D eigenvalue weighted by molar-refractivity contribution is 7.89. The standard InChI is InChI=1S/C20H29N5O3S/c1-4-19-22-23-20(28-19)17-12-16(13-21-17)29(26,27)25-10-8-24(9-11-25)18-7-5-6-14(2)15(18)3/h5-7,16-17,21H,4,8-13H2,1-3H3. The molecule has 158 valence electrons. The van der Waals surface area contributed by atoms with Gasteiger partial charge in [0.1, 0.15) is 0 Å². The summed E-state index contributed by atoms with van der Waals surface area (Å²) in [5.41, 5.74) is 3.72. The normalized spacial score (nSPS) is 23.6. The fourth-order valence-electron chi connectivity index (χ4n) is 4.14. The van der Waals surface area contributed by atoms with E-state index >= 15 is 0 Å². The van der Waals surface area contributed by atoms with Crippen molar-refractivity contribution in [3.63, 3.8) is 0 Å². The van der Waals surface area contributed by atoms with Crippen molar-refractivity contribution < 1.29 is 12.8 Å². The molecule has 0 saturated carbocycles. The zero-order valence-corrected chi connectivity index (χ0v) is 18.1. The molecular formula is C20H29N5O3S. The number of benzene rings is 1. The van der Waals surface area contributed by atoms with Gasteiger partial charge in [0, 0.05) is 44.8 Å². The van der Waals surface area contributed by atoms with Crippen molar-refractivity contribution in [2.45, 2.75) is 44.9 Å². The van der Waals surface area contributed by atoms with Crippen molar-refractivity contribution >= 4 is 15.7 Å². The van der Waals surface area contributed by atoms with E-state index in [0.29, 0.717) is 57.3 Å². The molecule has 9 heteroatoms. The minimum Gasteiger partial charge on any atom is -0.424 e. The fourth-order valence-corrected chi connectivity index (χ4v) is 5.98. The summed E-state index contributed by atoms with van der Waals surface area (Å²) < 4.78 is 33.6. The Morgan fingerprint density at radius 3 is 2.62 bits per heavy atom. The Morgan fingerprint density at radius 2 is 1.93 bits per heavy atom. The molecule has 2 unspecified atom stereocenters. The maximum atomic E-state index is 13.2. The summed E-state index contributed by atoms with van der Waals surface area (Å²) in [4.78, 5) is 2.29. The van der Waals surface area contributed by atoms with Crippen molar-refractivity contribution in [3.8, 4) is 0 Å². The molecule has 0 amide bonds. The third kappa shape index (κ3) is 3.91. The van der Waals surface area contributed by atoms with Crippen molar-refractivity contribution in [2.24, 2.45) is 0 Å². The van der Waals surface area contributed by atoms with Gasteiger partial charge >= 0.3 is 0 Å². The van der Waals surface area contributed by atoms with Crippen LogP contribution in [0.2, 0.25) is 0 Å². The quantitative estimate of drug-likeness (QED) is 0.790. The highest BCUT2D eigenvalue weighted by atomic mass is 32.2. The summed E-state index contributed by atoms with van der Waals surface area (Å²) >= 11 is 0. The number of hydrogen-bond donors (Lipinski definition) is 1. The number of piperazine rings is 1. The van der Waals surface area contributed by atoms with E-state index in [0.717, 1.165) is 0 Å².